The number of aromatic nitrogens is 2. The fraction of sp³-hybridized carbons (Fsp3) is 0.259. The van der Waals surface area contributed by atoms with E-state index in [1.807, 2.05) is 31.2 Å². The number of phenolic OH excluding ortho intramolecular Hbond substituents is 1. The van der Waals surface area contributed by atoms with E-state index in [9.17, 15) is 14.7 Å². The Morgan fingerprint density at radius 1 is 1.26 bits per heavy atom. The smallest absolute Gasteiger partial charge is 0.267 e. The van der Waals surface area contributed by atoms with Gasteiger partial charge in [0.2, 0.25) is 0 Å². The second kappa shape index (κ2) is 12.2. The number of fused-ring (bicyclic) bond motifs is 3. The van der Waals surface area contributed by atoms with Crippen molar-refractivity contribution in [1.82, 2.24) is 15.0 Å². The summed E-state index contributed by atoms with van der Waals surface area (Å²) in [5.41, 5.74) is 4.56. The average Bonchev–Trinajstić information content (AvgIpc) is 3.30. The van der Waals surface area contributed by atoms with Crippen LogP contribution in [0.4, 0.5) is 0 Å². The van der Waals surface area contributed by atoms with Gasteiger partial charge in [-0.15, -0.1) is 11.3 Å². The van der Waals surface area contributed by atoms with E-state index in [2.05, 4.69) is 42.4 Å². The predicted molar refractivity (Wildman–Crippen MR) is 163 cm³/mol. The molecule has 5 rings (SSSR count). The van der Waals surface area contributed by atoms with E-state index in [0.717, 1.165) is 35.7 Å². The number of nitrogens with zero attached hydrogens (tertiary/aromatic N) is 3. The van der Waals surface area contributed by atoms with Crippen LogP contribution in [0.15, 0.2) is 60.4 Å². The molecule has 0 saturated heterocycles. The molecule has 2 N–H and O–H groups in total. The molecule has 0 saturated carbocycles. The maximum Gasteiger partial charge on any atom is 0.267 e. The highest BCUT2D eigenvalue weighted by Crippen LogP contribution is 2.35. The zero-order valence-electron chi connectivity index (χ0n) is 20.9. The Kier molecular flexibility index (Phi) is 8.75. The van der Waals surface area contributed by atoms with E-state index in [1.165, 1.54) is 22.9 Å². The number of aromatic hydroxyl groups is 1. The summed E-state index contributed by atoms with van der Waals surface area (Å²) in [5.74, 6) is 0.348. The lowest BCUT2D eigenvalue weighted by atomic mass is 9.97. The van der Waals surface area contributed by atoms with E-state index in [0.29, 0.717) is 43.5 Å². The van der Waals surface area contributed by atoms with Crippen LogP contribution < -0.4 is 15.7 Å². The van der Waals surface area contributed by atoms with E-state index in [-0.39, 0.29) is 23.0 Å². The fourth-order valence-electron chi connectivity index (χ4n) is 4.39. The number of phenols is 1. The van der Waals surface area contributed by atoms with E-state index in [1.54, 1.807) is 28.0 Å². The van der Waals surface area contributed by atoms with Crippen molar-refractivity contribution >= 4 is 77.3 Å². The first kappa shape index (κ1) is 27.9. The van der Waals surface area contributed by atoms with Gasteiger partial charge in [-0.1, -0.05) is 27.7 Å². The molecule has 8 nitrogen and oxygen atoms in total. The number of benzene rings is 2. The third-order valence-electron chi connectivity index (χ3n) is 6.15. The van der Waals surface area contributed by atoms with Crippen molar-refractivity contribution in [1.29, 1.82) is 0 Å². The molecule has 0 aliphatic heterocycles. The molecule has 2 heterocycles. The molecule has 0 spiro atoms. The van der Waals surface area contributed by atoms with Gasteiger partial charge < -0.3 is 9.84 Å². The summed E-state index contributed by atoms with van der Waals surface area (Å²) in [6, 6.07) is 10.7. The van der Waals surface area contributed by atoms with Crippen LogP contribution in [-0.4, -0.2) is 39.1 Å². The Morgan fingerprint density at radius 3 is 2.79 bits per heavy atom. The standard InChI is InChI=1S/C27H24Br2N4O4S2/c1-2-37-18-9-7-17(8-10-18)33-26(36)23-19-5-3-4-6-21(19)39-25(23)31-27(33)38-14-22(34)32-30-13-15-11-16(28)12-20(29)24(15)35/h7-13,35H,2-6,14H2,1H3,(H,32,34). The predicted octanol–water partition coefficient (Wildman–Crippen LogP) is 6.20. The van der Waals surface area contributed by atoms with Gasteiger partial charge in [0.25, 0.3) is 11.5 Å². The van der Waals surface area contributed by atoms with Crippen molar-refractivity contribution in [3.8, 4) is 17.2 Å². The van der Waals surface area contributed by atoms with Gasteiger partial charge in [0, 0.05) is 14.9 Å². The third-order valence-corrected chi connectivity index (χ3v) is 9.33. The van der Waals surface area contributed by atoms with Crippen molar-refractivity contribution in [3.05, 3.63) is 71.7 Å². The minimum Gasteiger partial charge on any atom is -0.506 e. The van der Waals surface area contributed by atoms with Gasteiger partial charge in [-0.05, 0) is 90.5 Å². The number of hydrogen-bond acceptors (Lipinski definition) is 8. The van der Waals surface area contributed by atoms with Gasteiger partial charge in [-0.3, -0.25) is 14.2 Å². The molecule has 1 amide bonds. The highest BCUT2D eigenvalue weighted by Gasteiger charge is 2.23. The second-order valence-electron chi connectivity index (χ2n) is 8.76. The topological polar surface area (TPSA) is 106 Å². The monoisotopic (exact) mass is 690 g/mol. The Labute approximate surface area is 249 Å². The molecule has 0 radical (unpaired) electrons. The Bertz CT molecular complexity index is 1630. The summed E-state index contributed by atoms with van der Waals surface area (Å²) in [6.45, 7) is 2.46. The minimum atomic E-state index is -0.372. The van der Waals surface area contributed by atoms with Gasteiger partial charge in [0.15, 0.2) is 5.16 Å². The number of carbonyl (C=O) groups excluding carboxylic acids is 1. The Morgan fingerprint density at radius 2 is 2.03 bits per heavy atom. The van der Waals surface area contributed by atoms with Gasteiger partial charge in [-0.25, -0.2) is 10.4 Å². The number of carbonyl (C=O) groups is 1. The first-order valence-electron chi connectivity index (χ1n) is 12.3. The molecule has 2 aromatic heterocycles. The molecule has 0 bridgehead atoms. The number of thioether (sulfide) groups is 1. The van der Waals surface area contributed by atoms with E-state index >= 15 is 0 Å². The zero-order valence-corrected chi connectivity index (χ0v) is 25.7. The Balaban J connectivity index is 1.42. The quantitative estimate of drug-likeness (QED) is 0.0987. The molecular formula is C27H24Br2N4O4S2. The van der Waals surface area contributed by atoms with E-state index < -0.39 is 0 Å². The number of halogens is 2. The SMILES string of the molecule is CCOc1ccc(-n2c(SCC(=O)NN=Cc3cc(Br)cc(Br)c3O)nc3sc4c(c3c2=O)CCCC4)cc1. The highest BCUT2D eigenvalue weighted by molar-refractivity contribution is 9.11. The van der Waals surface area contributed by atoms with Gasteiger partial charge in [-0.2, -0.15) is 5.10 Å². The third kappa shape index (κ3) is 6.08. The van der Waals surface area contributed by atoms with Crippen molar-refractivity contribution in [2.75, 3.05) is 12.4 Å². The molecular weight excluding hydrogens is 668 g/mol. The lowest BCUT2D eigenvalue weighted by Crippen LogP contribution is -2.24. The van der Waals surface area contributed by atoms with Crippen LogP contribution in [-0.2, 0) is 17.6 Å². The van der Waals surface area contributed by atoms with Crippen molar-refractivity contribution < 1.29 is 14.6 Å². The van der Waals surface area contributed by atoms with Gasteiger partial charge >= 0.3 is 0 Å². The number of ether oxygens (including phenoxy) is 1. The molecule has 39 heavy (non-hydrogen) atoms. The van der Waals surface area contributed by atoms with Crippen molar-refractivity contribution in [2.45, 2.75) is 37.8 Å². The maximum atomic E-state index is 13.9. The lowest BCUT2D eigenvalue weighted by molar-refractivity contribution is -0.118. The number of amides is 1. The number of nitrogens with one attached hydrogen (secondary N) is 1. The van der Waals surface area contributed by atoms with Crippen LogP contribution in [0.25, 0.3) is 15.9 Å². The van der Waals surface area contributed by atoms with Crippen molar-refractivity contribution in [3.63, 3.8) is 0 Å². The van der Waals surface area contributed by atoms with Gasteiger partial charge in [0.05, 0.1) is 34.1 Å². The molecule has 4 aromatic rings. The number of rotatable bonds is 8. The summed E-state index contributed by atoms with van der Waals surface area (Å²) in [6.07, 6.45) is 5.39. The second-order valence-corrected chi connectivity index (χ2v) is 12.6. The largest absolute Gasteiger partial charge is 0.506 e. The summed E-state index contributed by atoms with van der Waals surface area (Å²) in [4.78, 5) is 33.3. The number of aryl methyl sites for hydroxylation is 2. The molecule has 1 aliphatic rings. The summed E-state index contributed by atoms with van der Waals surface area (Å²) in [5, 5.41) is 15.3. The number of hydrogen-bond donors (Lipinski definition) is 2. The van der Waals surface area contributed by atoms with Crippen LogP contribution in [0.2, 0.25) is 0 Å². The Hall–Kier alpha value is -2.67. The molecule has 0 unspecified atom stereocenters. The van der Waals surface area contributed by atoms with Crippen LogP contribution in [0, 0.1) is 0 Å². The summed E-state index contributed by atoms with van der Waals surface area (Å²) in [7, 11) is 0. The average molecular weight is 692 g/mol. The van der Waals surface area contributed by atoms with Gasteiger partial charge in [0.1, 0.15) is 16.3 Å². The number of thiophene rings is 1. The lowest BCUT2D eigenvalue weighted by Gasteiger charge is -2.14. The molecule has 2 aromatic carbocycles. The van der Waals surface area contributed by atoms with E-state index in [4.69, 9.17) is 9.72 Å². The molecule has 0 atom stereocenters. The first-order chi connectivity index (χ1) is 18.9. The molecule has 12 heteroatoms. The molecule has 1 aliphatic carbocycles. The molecule has 0 fully saturated rings. The van der Waals surface area contributed by atoms with Crippen molar-refractivity contribution in [2.24, 2.45) is 5.10 Å². The normalized spacial score (nSPS) is 13.1. The van der Waals surface area contributed by atoms with Crippen LogP contribution in [0.1, 0.15) is 35.8 Å². The zero-order chi connectivity index (χ0) is 27.5. The highest BCUT2D eigenvalue weighted by atomic mass is 79.9. The minimum absolute atomic E-state index is 0.00837. The summed E-state index contributed by atoms with van der Waals surface area (Å²) < 4.78 is 8.40. The fourth-order valence-corrected chi connectivity index (χ4v) is 7.76. The first-order valence-corrected chi connectivity index (χ1v) is 15.7. The van der Waals surface area contributed by atoms with Crippen LogP contribution >= 0.6 is 55.0 Å². The summed E-state index contributed by atoms with van der Waals surface area (Å²) >= 11 is 9.39. The maximum absolute atomic E-state index is 13.9. The van der Waals surface area contributed by atoms with Crippen LogP contribution in [0.5, 0.6) is 11.5 Å². The van der Waals surface area contributed by atoms with Crippen LogP contribution in [0.3, 0.4) is 0 Å². The number of hydrazone groups is 1. The molecule has 202 valence electrons.